The normalized spacial score (nSPS) is 19.0. The number of ether oxygens (including phenoxy) is 2. The van der Waals surface area contributed by atoms with Crippen LogP contribution in [-0.2, 0) is 9.47 Å². The number of morpholine rings is 1. The third-order valence-corrected chi connectivity index (χ3v) is 5.54. The maximum Gasteiger partial charge on any atom is 0.410 e. The molecule has 0 saturated carbocycles. The van der Waals surface area contributed by atoms with E-state index in [2.05, 4.69) is 22.0 Å². The van der Waals surface area contributed by atoms with Crippen LogP contribution in [0.4, 0.5) is 4.79 Å². The highest BCUT2D eigenvalue weighted by molar-refractivity contribution is 14.0. The van der Waals surface area contributed by atoms with Crippen LogP contribution >= 0.6 is 24.0 Å². The number of halogens is 1. The molecule has 2 rings (SSSR count). The second kappa shape index (κ2) is 14.4. The lowest BCUT2D eigenvalue weighted by atomic mass is 9.96. The van der Waals surface area contributed by atoms with Crippen molar-refractivity contribution in [1.29, 1.82) is 0 Å². The highest BCUT2D eigenvalue weighted by Gasteiger charge is 2.27. The summed E-state index contributed by atoms with van der Waals surface area (Å²) in [5.74, 6) is 1.52. The van der Waals surface area contributed by atoms with Gasteiger partial charge in [-0.05, 0) is 53.4 Å². The number of likely N-dealkylation sites (tertiary alicyclic amines) is 1. The molecule has 2 fully saturated rings. The van der Waals surface area contributed by atoms with E-state index in [-0.39, 0.29) is 30.1 Å². The van der Waals surface area contributed by atoms with Crippen molar-refractivity contribution in [2.45, 2.75) is 53.1 Å². The Bertz CT molecular complexity index is 542. The minimum atomic E-state index is -0.452. The third kappa shape index (κ3) is 10.6. The van der Waals surface area contributed by atoms with E-state index in [9.17, 15) is 4.79 Å². The molecule has 0 aromatic rings. The van der Waals surface area contributed by atoms with E-state index in [1.165, 1.54) is 0 Å². The lowest BCUT2D eigenvalue weighted by Gasteiger charge is -2.36. The van der Waals surface area contributed by atoms with Crippen molar-refractivity contribution >= 4 is 36.0 Å². The van der Waals surface area contributed by atoms with Crippen molar-refractivity contribution in [1.82, 2.24) is 20.0 Å². The van der Waals surface area contributed by atoms with Crippen LogP contribution in [0.15, 0.2) is 4.99 Å². The molecule has 0 atom stereocenters. The van der Waals surface area contributed by atoms with Gasteiger partial charge in [0.2, 0.25) is 0 Å². The molecule has 1 amide bonds. The zero-order chi connectivity index (χ0) is 22.0. The Morgan fingerprint density at radius 1 is 1.16 bits per heavy atom. The first-order chi connectivity index (χ1) is 14.3. The fourth-order valence-corrected chi connectivity index (χ4v) is 3.85. The smallest absolute Gasteiger partial charge is 0.410 e. The van der Waals surface area contributed by atoms with Crippen LogP contribution in [0.5, 0.6) is 0 Å². The zero-order valence-corrected chi connectivity index (χ0v) is 22.5. The molecule has 0 spiro atoms. The third-order valence-electron chi connectivity index (χ3n) is 5.54. The molecule has 0 bridgehead atoms. The highest BCUT2D eigenvalue weighted by Crippen LogP contribution is 2.20. The number of hydrogen-bond acceptors (Lipinski definition) is 5. The predicted molar refractivity (Wildman–Crippen MR) is 136 cm³/mol. The molecule has 0 radical (unpaired) electrons. The molecule has 0 aromatic carbocycles. The molecular weight excluding hydrogens is 509 g/mol. The average Bonchev–Trinajstić information content (AvgIpc) is 2.71. The average molecular weight is 554 g/mol. The van der Waals surface area contributed by atoms with Crippen LogP contribution in [0.25, 0.3) is 0 Å². The molecule has 2 saturated heterocycles. The maximum atomic E-state index is 12.4. The number of guanidine groups is 1. The predicted octanol–water partition coefficient (Wildman–Crippen LogP) is 2.87. The summed E-state index contributed by atoms with van der Waals surface area (Å²) in [4.78, 5) is 23.9. The van der Waals surface area contributed by atoms with Crippen molar-refractivity contribution in [3.63, 3.8) is 0 Å². The number of carbonyl (C=O) groups is 1. The molecule has 0 aliphatic carbocycles. The SMILES string of the molecule is CCNC(=NCCN1CCOCC1)N1CCC(CN(CC)C(=O)OC(C)(C)C)CC1.I. The molecule has 2 heterocycles. The number of piperidine rings is 1. The number of hydrogen-bond donors (Lipinski definition) is 1. The maximum absolute atomic E-state index is 12.4. The van der Waals surface area contributed by atoms with Gasteiger partial charge in [0.1, 0.15) is 5.60 Å². The van der Waals surface area contributed by atoms with Gasteiger partial charge in [-0.25, -0.2) is 4.79 Å². The fourth-order valence-electron chi connectivity index (χ4n) is 3.85. The summed E-state index contributed by atoms with van der Waals surface area (Å²) in [5, 5.41) is 3.45. The molecule has 1 N–H and O–H groups in total. The van der Waals surface area contributed by atoms with Gasteiger partial charge in [0, 0.05) is 52.4 Å². The van der Waals surface area contributed by atoms with Crippen molar-refractivity contribution in [2.24, 2.45) is 10.9 Å². The standard InChI is InChI=1S/C22H43N5O3.HI/c1-6-23-20(24-10-13-25-14-16-29-17-15-25)27-11-8-19(9-12-27)18-26(7-2)21(28)30-22(3,4)5;/h19H,6-18H2,1-5H3,(H,23,24);1H. The summed E-state index contributed by atoms with van der Waals surface area (Å²) in [5.41, 5.74) is -0.452. The fraction of sp³-hybridized carbons (Fsp3) is 0.909. The molecule has 2 aliphatic rings. The van der Waals surface area contributed by atoms with E-state index in [1.54, 1.807) is 0 Å². The van der Waals surface area contributed by atoms with Crippen molar-refractivity contribution in [3.8, 4) is 0 Å². The zero-order valence-electron chi connectivity index (χ0n) is 20.2. The van der Waals surface area contributed by atoms with Crippen molar-refractivity contribution in [2.75, 3.05) is 72.1 Å². The first-order valence-electron chi connectivity index (χ1n) is 11.6. The summed E-state index contributed by atoms with van der Waals surface area (Å²) in [6.45, 7) is 19.6. The molecule has 9 heteroatoms. The molecule has 31 heavy (non-hydrogen) atoms. The molecule has 182 valence electrons. The minimum Gasteiger partial charge on any atom is -0.444 e. The van der Waals surface area contributed by atoms with Gasteiger partial charge in [-0.1, -0.05) is 0 Å². The van der Waals surface area contributed by atoms with Crippen LogP contribution in [-0.4, -0.2) is 104 Å². The van der Waals surface area contributed by atoms with Gasteiger partial charge < -0.3 is 24.6 Å². The van der Waals surface area contributed by atoms with Gasteiger partial charge in [0.05, 0.1) is 19.8 Å². The van der Waals surface area contributed by atoms with Crippen LogP contribution < -0.4 is 5.32 Å². The summed E-state index contributed by atoms with van der Waals surface area (Å²) in [6.07, 6.45) is 1.92. The summed E-state index contributed by atoms with van der Waals surface area (Å²) in [6, 6.07) is 0. The number of rotatable bonds is 7. The van der Waals surface area contributed by atoms with Crippen LogP contribution in [0, 0.1) is 5.92 Å². The molecular formula is C22H44IN5O3. The number of nitrogens with one attached hydrogen (secondary N) is 1. The topological polar surface area (TPSA) is 69.6 Å². The number of carbonyl (C=O) groups excluding carboxylic acids is 1. The van der Waals surface area contributed by atoms with E-state index in [4.69, 9.17) is 14.5 Å². The Labute approximate surface area is 206 Å². The Morgan fingerprint density at radius 3 is 2.35 bits per heavy atom. The van der Waals surface area contributed by atoms with Crippen molar-refractivity contribution < 1.29 is 14.3 Å². The van der Waals surface area contributed by atoms with Gasteiger partial charge in [-0.2, -0.15) is 0 Å². The minimum absolute atomic E-state index is 0. The highest BCUT2D eigenvalue weighted by atomic mass is 127. The van der Waals surface area contributed by atoms with Gasteiger partial charge in [0.25, 0.3) is 0 Å². The van der Waals surface area contributed by atoms with E-state index in [0.29, 0.717) is 12.5 Å². The van der Waals surface area contributed by atoms with Crippen LogP contribution in [0.3, 0.4) is 0 Å². The summed E-state index contributed by atoms with van der Waals surface area (Å²) in [7, 11) is 0. The quantitative estimate of drug-likeness (QED) is 0.297. The number of aliphatic imine (C=N–C) groups is 1. The monoisotopic (exact) mass is 553 g/mol. The molecule has 0 aromatic heterocycles. The first kappa shape index (κ1) is 28.2. The van der Waals surface area contributed by atoms with E-state index >= 15 is 0 Å². The van der Waals surface area contributed by atoms with Gasteiger partial charge in [-0.3, -0.25) is 9.89 Å². The summed E-state index contributed by atoms with van der Waals surface area (Å²) >= 11 is 0. The lowest BCUT2D eigenvalue weighted by Crippen LogP contribution is -2.48. The first-order valence-corrected chi connectivity index (χ1v) is 11.6. The Hall–Kier alpha value is -0.810. The second-order valence-corrected chi connectivity index (χ2v) is 9.14. The lowest BCUT2D eigenvalue weighted by molar-refractivity contribution is 0.0214. The second-order valence-electron chi connectivity index (χ2n) is 9.14. The van der Waals surface area contributed by atoms with E-state index in [0.717, 1.165) is 84.4 Å². The number of nitrogens with zero attached hydrogens (tertiary/aromatic N) is 4. The van der Waals surface area contributed by atoms with Crippen LogP contribution in [0.1, 0.15) is 47.5 Å². The van der Waals surface area contributed by atoms with Gasteiger partial charge in [0.15, 0.2) is 5.96 Å². The van der Waals surface area contributed by atoms with Gasteiger partial charge >= 0.3 is 6.09 Å². The Morgan fingerprint density at radius 2 is 1.81 bits per heavy atom. The van der Waals surface area contributed by atoms with Crippen LogP contribution in [0.2, 0.25) is 0 Å². The Kier molecular flexibility index (Phi) is 13.1. The molecule has 0 unspecified atom stereocenters. The van der Waals surface area contributed by atoms with Gasteiger partial charge in [-0.15, -0.1) is 24.0 Å². The number of amides is 1. The molecule has 2 aliphatic heterocycles. The summed E-state index contributed by atoms with van der Waals surface area (Å²) < 4.78 is 11.0. The van der Waals surface area contributed by atoms with Crippen molar-refractivity contribution in [3.05, 3.63) is 0 Å². The van der Waals surface area contributed by atoms with E-state index in [1.807, 2.05) is 32.6 Å². The molecule has 8 nitrogen and oxygen atoms in total. The largest absolute Gasteiger partial charge is 0.444 e. The Balaban J connectivity index is 0.00000480. The van der Waals surface area contributed by atoms with E-state index < -0.39 is 5.60 Å².